The van der Waals surface area contributed by atoms with Crippen LogP contribution in [0.1, 0.15) is 0 Å². The van der Waals surface area contributed by atoms with E-state index in [1.54, 1.807) is 19.0 Å². The Morgan fingerprint density at radius 3 is 2.50 bits per heavy atom. The minimum atomic E-state index is 0.251. The van der Waals surface area contributed by atoms with Crippen LogP contribution in [0.15, 0.2) is 5.16 Å². The lowest BCUT2D eigenvalue weighted by molar-refractivity contribution is 0.239. The van der Waals surface area contributed by atoms with Crippen LogP contribution in [0, 0.1) is 11.5 Å². The number of oxime groups is 1. The smallest absolute Gasteiger partial charge is 0.327 e. The van der Waals surface area contributed by atoms with Crippen molar-refractivity contribution in [3.8, 4) is 6.26 Å². The first-order valence-corrected chi connectivity index (χ1v) is 2.56. The molecule has 0 saturated heterocycles. The van der Waals surface area contributed by atoms with Gasteiger partial charge >= 0.3 is 12.3 Å². The van der Waals surface area contributed by atoms with Gasteiger partial charge in [0, 0.05) is 14.1 Å². The molecular formula is C5H9N3O2. The highest BCUT2D eigenvalue weighted by Crippen LogP contribution is 1.84. The summed E-state index contributed by atoms with van der Waals surface area (Å²) in [5.41, 5.74) is 0. The number of methoxy groups -OCH3 is 1. The van der Waals surface area contributed by atoms with Gasteiger partial charge in [-0.05, 0) is 5.16 Å². The van der Waals surface area contributed by atoms with Gasteiger partial charge in [-0.1, -0.05) is 0 Å². The summed E-state index contributed by atoms with van der Waals surface area (Å²) in [4.78, 5) is 5.66. The molecule has 0 amide bonds. The molecule has 5 heteroatoms. The van der Waals surface area contributed by atoms with Crippen LogP contribution in [0.4, 0.5) is 0 Å². The van der Waals surface area contributed by atoms with Gasteiger partial charge in [0.25, 0.3) is 0 Å². The van der Waals surface area contributed by atoms with Crippen LogP contribution >= 0.6 is 0 Å². The van der Waals surface area contributed by atoms with E-state index < -0.39 is 0 Å². The van der Waals surface area contributed by atoms with Crippen LogP contribution < -0.4 is 0 Å². The van der Waals surface area contributed by atoms with E-state index in [0.29, 0.717) is 0 Å². The van der Waals surface area contributed by atoms with Gasteiger partial charge in [-0.3, -0.25) is 4.84 Å². The maximum atomic E-state index is 7.94. The average Bonchev–Trinajstić information content (AvgIpc) is 1.89. The van der Waals surface area contributed by atoms with Crippen molar-refractivity contribution in [2.24, 2.45) is 5.16 Å². The molecule has 0 aromatic carbocycles. The molecular weight excluding hydrogens is 134 g/mol. The summed E-state index contributed by atoms with van der Waals surface area (Å²) in [6, 6.07) is 0.251. The van der Waals surface area contributed by atoms with Crippen molar-refractivity contribution in [1.29, 1.82) is 5.26 Å². The highest BCUT2D eigenvalue weighted by Gasteiger charge is 1.99. The first kappa shape index (κ1) is 8.56. The monoisotopic (exact) mass is 143 g/mol. The number of nitrogens with zero attached hydrogens (tertiary/aromatic N) is 3. The van der Waals surface area contributed by atoms with Gasteiger partial charge < -0.3 is 9.64 Å². The predicted octanol–water partition coefficient (Wildman–Crippen LogP) is -0.0369. The maximum Gasteiger partial charge on any atom is 0.327 e. The van der Waals surface area contributed by atoms with Gasteiger partial charge in [-0.15, -0.1) is 5.26 Å². The molecule has 0 aromatic heterocycles. The van der Waals surface area contributed by atoms with Gasteiger partial charge in [0.1, 0.15) is 0 Å². The number of nitriles is 1. The van der Waals surface area contributed by atoms with E-state index in [4.69, 9.17) is 10.00 Å². The molecule has 0 N–H and O–H groups in total. The minimum Gasteiger partial charge on any atom is -0.466 e. The standard InChI is InChI=1S/C5H9N3O2/c1-8(2)5(9-3)7-10-4-6/h1-3H3/b7-5-. The minimum absolute atomic E-state index is 0.251. The quantitative estimate of drug-likeness (QED) is 0.224. The third-order valence-corrected chi connectivity index (χ3v) is 0.730. The molecule has 0 aliphatic carbocycles. The zero-order valence-electron chi connectivity index (χ0n) is 6.16. The Bertz CT molecular complexity index is 159. The fourth-order valence-electron chi connectivity index (χ4n) is 0.361. The number of amidine groups is 1. The van der Waals surface area contributed by atoms with Gasteiger partial charge in [0.05, 0.1) is 7.11 Å². The molecule has 56 valence electrons. The second kappa shape index (κ2) is 4.44. The number of rotatable bonds is 1. The number of hydrogen-bond acceptors (Lipinski definition) is 4. The second-order valence-electron chi connectivity index (χ2n) is 1.65. The number of hydrogen-bond donors (Lipinski definition) is 0. The maximum absolute atomic E-state index is 7.94. The van der Waals surface area contributed by atoms with E-state index in [1.165, 1.54) is 13.4 Å². The van der Waals surface area contributed by atoms with Crippen molar-refractivity contribution < 1.29 is 9.57 Å². The van der Waals surface area contributed by atoms with Crippen LogP contribution in [-0.2, 0) is 9.57 Å². The van der Waals surface area contributed by atoms with Crippen molar-refractivity contribution >= 4 is 6.02 Å². The largest absolute Gasteiger partial charge is 0.466 e. The molecule has 0 unspecified atom stereocenters. The Morgan fingerprint density at radius 2 is 2.20 bits per heavy atom. The highest BCUT2D eigenvalue weighted by atomic mass is 16.6. The third kappa shape index (κ3) is 2.77. The Morgan fingerprint density at radius 1 is 1.60 bits per heavy atom. The number of ether oxygens (including phenoxy) is 1. The van der Waals surface area contributed by atoms with Gasteiger partial charge in [0.2, 0.25) is 0 Å². The zero-order valence-corrected chi connectivity index (χ0v) is 6.16. The van der Waals surface area contributed by atoms with Crippen molar-refractivity contribution in [3.05, 3.63) is 0 Å². The first-order valence-electron chi connectivity index (χ1n) is 2.56. The molecule has 0 fully saturated rings. The first-order chi connectivity index (χ1) is 4.72. The summed E-state index contributed by atoms with van der Waals surface area (Å²) in [6.07, 6.45) is 1.39. The molecule has 0 atom stereocenters. The molecule has 0 radical (unpaired) electrons. The zero-order chi connectivity index (χ0) is 7.98. The lowest BCUT2D eigenvalue weighted by atomic mass is 10.9. The highest BCUT2D eigenvalue weighted by molar-refractivity contribution is 5.72. The van der Waals surface area contributed by atoms with Crippen LogP contribution in [0.3, 0.4) is 0 Å². The summed E-state index contributed by atoms with van der Waals surface area (Å²) in [5.74, 6) is 0. The second-order valence-corrected chi connectivity index (χ2v) is 1.65. The van der Waals surface area contributed by atoms with Crippen molar-refractivity contribution in [1.82, 2.24) is 4.90 Å². The van der Waals surface area contributed by atoms with E-state index >= 15 is 0 Å². The molecule has 0 aliphatic rings. The summed E-state index contributed by atoms with van der Waals surface area (Å²) >= 11 is 0. The van der Waals surface area contributed by atoms with Gasteiger partial charge in [-0.2, -0.15) is 0 Å². The normalized spacial score (nSPS) is 10.0. The lowest BCUT2D eigenvalue weighted by Crippen LogP contribution is -2.23. The molecule has 5 nitrogen and oxygen atoms in total. The molecule has 0 aliphatic heterocycles. The van der Waals surface area contributed by atoms with E-state index in [9.17, 15) is 0 Å². The Labute approximate surface area is 59.4 Å². The molecule has 10 heavy (non-hydrogen) atoms. The van der Waals surface area contributed by atoms with Crippen LogP contribution in [-0.4, -0.2) is 32.1 Å². The van der Waals surface area contributed by atoms with E-state index in [2.05, 4.69) is 9.99 Å². The Balaban J connectivity index is 3.94. The van der Waals surface area contributed by atoms with Gasteiger partial charge in [0.15, 0.2) is 0 Å². The molecule has 0 aromatic rings. The summed E-state index contributed by atoms with van der Waals surface area (Å²) < 4.78 is 4.71. The Kier molecular flexibility index (Phi) is 3.80. The average molecular weight is 143 g/mol. The molecule has 0 bridgehead atoms. The van der Waals surface area contributed by atoms with Crippen molar-refractivity contribution in [3.63, 3.8) is 0 Å². The topological polar surface area (TPSA) is 57.9 Å². The van der Waals surface area contributed by atoms with Crippen molar-refractivity contribution in [2.45, 2.75) is 0 Å². The summed E-state index contributed by atoms with van der Waals surface area (Å²) in [6.45, 7) is 0. The van der Waals surface area contributed by atoms with Crippen LogP contribution in [0.25, 0.3) is 0 Å². The predicted molar refractivity (Wildman–Crippen MR) is 34.8 cm³/mol. The van der Waals surface area contributed by atoms with Crippen LogP contribution in [0.2, 0.25) is 0 Å². The van der Waals surface area contributed by atoms with E-state index in [1.807, 2.05) is 0 Å². The van der Waals surface area contributed by atoms with Crippen LogP contribution in [0.5, 0.6) is 0 Å². The molecule has 0 spiro atoms. The lowest BCUT2D eigenvalue weighted by Gasteiger charge is -2.10. The molecule has 0 rings (SSSR count). The third-order valence-electron chi connectivity index (χ3n) is 0.730. The molecule has 0 saturated carbocycles. The summed E-state index contributed by atoms with van der Waals surface area (Å²) in [5, 5.41) is 11.3. The Hall–Kier alpha value is -1.44. The van der Waals surface area contributed by atoms with Crippen molar-refractivity contribution in [2.75, 3.05) is 21.2 Å². The van der Waals surface area contributed by atoms with E-state index in [0.717, 1.165) is 0 Å². The molecule has 0 heterocycles. The van der Waals surface area contributed by atoms with E-state index in [-0.39, 0.29) is 6.02 Å². The fourth-order valence-corrected chi connectivity index (χ4v) is 0.361. The fraction of sp³-hybridized carbons (Fsp3) is 0.600. The summed E-state index contributed by atoms with van der Waals surface area (Å²) in [7, 11) is 4.89. The SMILES string of the molecule is CO/C(=N\OC#N)N(C)C. The van der Waals surface area contributed by atoms with Gasteiger partial charge in [-0.25, -0.2) is 0 Å².